The Balaban J connectivity index is 1.39. The molecular weight excluding hydrogens is 324 g/mol. The van der Waals surface area contributed by atoms with Gasteiger partial charge in [-0.15, -0.1) is 0 Å². The standard InChI is InChI=1S/C22H28N2O2/c25-22-19(21-7-4-10-26-21)8-9-20-18-11-17(14-24(20)22)13-23(15-18)12-16-5-2-1-3-6-16/h4,7-10,16-18H,1-3,5-6,11-15H2. The van der Waals surface area contributed by atoms with Crippen molar-refractivity contribution < 1.29 is 4.42 Å². The second-order valence-electron chi connectivity index (χ2n) is 8.59. The molecule has 2 aromatic heterocycles. The number of aromatic nitrogens is 1. The number of hydrogen-bond donors (Lipinski definition) is 0. The van der Waals surface area contributed by atoms with Crippen molar-refractivity contribution in [2.75, 3.05) is 19.6 Å². The van der Waals surface area contributed by atoms with E-state index in [4.69, 9.17) is 4.42 Å². The third-order valence-corrected chi connectivity index (χ3v) is 6.71. The molecule has 0 N–H and O–H groups in total. The number of pyridine rings is 1. The topological polar surface area (TPSA) is 38.4 Å². The Morgan fingerprint density at radius 2 is 1.92 bits per heavy atom. The molecule has 2 aliphatic heterocycles. The minimum atomic E-state index is 0.118. The van der Waals surface area contributed by atoms with Gasteiger partial charge in [-0.3, -0.25) is 4.79 Å². The van der Waals surface area contributed by atoms with E-state index in [1.54, 1.807) is 6.26 Å². The van der Waals surface area contributed by atoms with Gasteiger partial charge in [0.1, 0.15) is 5.76 Å². The second-order valence-corrected chi connectivity index (χ2v) is 8.59. The van der Waals surface area contributed by atoms with Gasteiger partial charge < -0.3 is 13.9 Å². The van der Waals surface area contributed by atoms with E-state index in [1.807, 2.05) is 22.8 Å². The molecular formula is C22H28N2O2. The van der Waals surface area contributed by atoms with Gasteiger partial charge in [0.15, 0.2) is 0 Å². The molecule has 0 aromatic carbocycles. The average Bonchev–Trinajstić information content (AvgIpc) is 3.18. The number of furan rings is 1. The zero-order valence-electron chi connectivity index (χ0n) is 15.4. The predicted octanol–water partition coefficient (Wildman–Crippen LogP) is 4.11. The van der Waals surface area contributed by atoms with Crippen LogP contribution in [-0.2, 0) is 6.54 Å². The quantitative estimate of drug-likeness (QED) is 0.834. The maximum Gasteiger partial charge on any atom is 0.261 e. The minimum Gasteiger partial charge on any atom is -0.464 e. The fourth-order valence-electron chi connectivity index (χ4n) is 5.55. The van der Waals surface area contributed by atoms with Crippen LogP contribution < -0.4 is 5.56 Å². The monoisotopic (exact) mass is 352 g/mol. The van der Waals surface area contributed by atoms with Crippen LogP contribution in [0.1, 0.15) is 50.1 Å². The van der Waals surface area contributed by atoms with Crippen molar-refractivity contribution in [3.8, 4) is 11.3 Å². The molecule has 4 heteroatoms. The van der Waals surface area contributed by atoms with Crippen molar-refractivity contribution in [1.82, 2.24) is 9.47 Å². The average molecular weight is 352 g/mol. The first-order chi connectivity index (χ1) is 12.8. The van der Waals surface area contributed by atoms with Crippen molar-refractivity contribution in [2.45, 2.75) is 51.0 Å². The summed E-state index contributed by atoms with van der Waals surface area (Å²) < 4.78 is 7.50. The van der Waals surface area contributed by atoms with Crippen LogP contribution in [0, 0.1) is 11.8 Å². The van der Waals surface area contributed by atoms with E-state index < -0.39 is 0 Å². The van der Waals surface area contributed by atoms with E-state index in [0.29, 0.717) is 23.2 Å². The second kappa shape index (κ2) is 6.73. The van der Waals surface area contributed by atoms with Gasteiger partial charge in [-0.2, -0.15) is 0 Å². The summed E-state index contributed by atoms with van der Waals surface area (Å²) in [5.74, 6) is 2.69. The molecule has 1 saturated carbocycles. The molecule has 4 heterocycles. The molecule has 2 bridgehead atoms. The lowest BCUT2D eigenvalue weighted by molar-refractivity contribution is 0.0967. The Bertz CT molecular complexity index is 817. The number of nitrogens with zero attached hydrogens (tertiary/aromatic N) is 2. The van der Waals surface area contributed by atoms with Gasteiger partial charge >= 0.3 is 0 Å². The lowest BCUT2D eigenvalue weighted by Crippen LogP contribution is -2.48. The lowest BCUT2D eigenvalue weighted by Gasteiger charge is -2.44. The Morgan fingerprint density at radius 3 is 2.73 bits per heavy atom. The van der Waals surface area contributed by atoms with Gasteiger partial charge in [-0.25, -0.2) is 0 Å². The zero-order valence-corrected chi connectivity index (χ0v) is 15.4. The molecule has 1 saturated heterocycles. The van der Waals surface area contributed by atoms with Gasteiger partial charge in [-0.05, 0) is 55.4 Å². The maximum absolute atomic E-state index is 13.0. The summed E-state index contributed by atoms with van der Waals surface area (Å²) >= 11 is 0. The number of rotatable bonds is 3. The molecule has 26 heavy (non-hydrogen) atoms. The Kier molecular flexibility index (Phi) is 4.24. The van der Waals surface area contributed by atoms with Crippen molar-refractivity contribution in [3.63, 3.8) is 0 Å². The summed E-state index contributed by atoms with van der Waals surface area (Å²) in [6.07, 6.45) is 9.95. The van der Waals surface area contributed by atoms with Crippen molar-refractivity contribution >= 4 is 0 Å². The predicted molar refractivity (Wildman–Crippen MR) is 102 cm³/mol. The van der Waals surface area contributed by atoms with Crippen LogP contribution in [0.4, 0.5) is 0 Å². The van der Waals surface area contributed by atoms with Gasteiger partial charge in [0.25, 0.3) is 5.56 Å². The minimum absolute atomic E-state index is 0.118. The summed E-state index contributed by atoms with van der Waals surface area (Å²) in [6, 6.07) is 7.85. The van der Waals surface area contributed by atoms with Gasteiger partial charge in [0.05, 0.1) is 11.8 Å². The van der Waals surface area contributed by atoms with E-state index in [-0.39, 0.29) is 5.56 Å². The first kappa shape index (κ1) is 16.4. The molecule has 5 rings (SSSR count). The first-order valence-corrected chi connectivity index (χ1v) is 10.3. The summed E-state index contributed by atoms with van der Waals surface area (Å²) in [7, 11) is 0. The van der Waals surface area contributed by atoms with Crippen LogP contribution in [0.25, 0.3) is 11.3 Å². The smallest absolute Gasteiger partial charge is 0.261 e. The third-order valence-electron chi connectivity index (χ3n) is 6.71. The van der Waals surface area contributed by atoms with Gasteiger partial charge in [-0.1, -0.05) is 19.3 Å². The molecule has 3 aliphatic rings. The number of piperidine rings is 1. The fourth-order valence-corrected chi connectivity index (χ4v) is 5.55. The van der Waals surface area contributed by atoms with E-state index in [2.05, 4.69) is 11.0 Å². The molecule has 2 unspecified atom stereocenters. The highest BCUT2D eigenvalue weighted by Gasteiger charge is 2.35. The number of likely N-dealkylation sites (tertiary alicyclic amines) is 1. The van der Waals surface area contributed by atoms with E-state index >= 15 is 0 Å². The van der Waals surface area contributed by atoms with Crippen LogP contribution in [0.15, 0.2) is 39.7 Å². The molecule has 0 spiro atoms. The van der Waals surface area contributed by atoms with Gasteiger partial charge in [0, 0.05) is 37.8 Å². The molecule has 0 amide bonds. The van der Waals surface area contributed by atoms with E-state index in [0.717, 1.165) is 25.6 Å². The highest BCUT2D eigenvalue weighted by molar-refractivity contribution is 5.56. The highest BCUT2D eigenvalue weighted by atomic mass is 16.3. The third kappa shape index (κ3) is 2.94. The summed E-state index contributed by atoms with van der Waals surface area (Å²) in [6.45, 7) is 4.40. The van der Waals surface area contributed by atoms with E-state index in [1.165, 1.54) is 50.8 Å². The fraction of sp³-hybridized carbons (Fsp3) is 0.591. The molecule has 4 nitrogen and oxygen atoms in total. The van der Waals surface area contributed by atoms with Crippen LogP contribution in [0.5, 0.6) is 0 Å². The van der Waals surface area contributed by atoms with Crippen LogP contribution in [0.3, 0.4) is 0 Å². The summed E-state index contributed by atoms with van der Waals surface area (Å²) in [5.41, 5.74) is 2.04. The van der Waals surface area contributed by atoms with Crippen molar-refractivity contribution in [2.24, 2.45) is 11.8 Å². The normalized spacial score (nSPS) is 26.6. The van der Waals surface area contributed by atoms with E-state index in [9.17, 15) is 4.79 Å². The number of hydrogen-bond acceptors (Lipinski definition) is 3. The summed E-state index contributed by atoms with van der Waals surface area (Å²) in [4.78, 5) is 15.7. The SMILES string of the molecule is O=c1c(-c2ccco2)ccc2n1CC1CC2CN(CC2CCCCC2)C1. The maximum atomic E-state index is 13.0. The molecule has 2 fully saturated rings. The Morgan fingerprint density at radius 1 is 1.04 bits per heavy atom. The van der Waals surface area contributed by atoms with Gasteiger partial charge in [0.2, 0.25) is 0 Å². The largest absolute Gasteiger partial charge is 0.464 e. The molecule has 138 valence electrons. The highest BCUT2D eigenvalue weighted by Crippen LogP contribution is 2.37. The molecule has 2 aromatic rings. The van der Waals surface area contributed by atoms with Crippen LogP contribution in [0.2, 0.25) is 0 Å². The zero-order chi connectivity index (χ0) is 17.5. The summed E-state index contributed by atoms with van der Waals surface area (Å²) in [5, 5.41) is 0. The Labute approximate surface area is 154 Å². The Hall–Kier alpha value is -1.81. The number of fused-ring (bicyclic) bond motifs is 4. The van der Waals surface area contributed by atoms with Crippen molar-refractivity contribution in [3.05, 3.63) is 46.6 Å². The lowest BCUT2D eigenvalue weighted by atomic mass is 9.81. The molecule has 2 atom stereocenters. The van der Waals surface area contributed by atoms with Crippen molar-refractivity contribution in [1.29, 1.82) is 0 Å². The van der Waals surface area contributed by atoms with Crippen LogP contribution >= 0.6 is 0 Å². The molecule has 1 aliphatic carbocycles. The molecule has 0 radical (unpaired) electrons. The first-order valence-electron chi connectivity index (χ1n) is 10.3. The van der Waals surface area contributed by atoms with Crippen LogP contribution in [-0.4, -0.2) is 29.1 Å².